The molecule has 1 aliphatic heterocycles. The van der Waals surface area contributed by atoms with E-state index in [1.165, 1.54) is 56.6 Å². The largest absolute Gasteiger partial charge is 0.314 e. The minimum absolute atomic E-state index is 0.782. The summed E-state index contributed by atoms with van der Waals surface area (Å²) in [5.74, 6) is 4.52. The van der Waals surface area contributed by atoms with Crippen molar-refractivity contribution in [1.82, 2.24) is 5.32 Å². The summed E-state index contributed by atoms with van der Waals surface area (Å²) in [7, 11) is 0. The Morgan fingerprint density at radius 3 is 2.30 bits per heavy atom. The number of benzene rings is 1. The molecular formula is C18H27NS. The lowest BCUT2D eigenvalue weighted by Gasteiger charge is -2.31. The molecule has 1 N–H and O–H groups in total. The molecular weight excluding hydrogens is 262 g/mol. The molecule has 110 valence electrons. The van der Waals surface area contributed by atoms with Crippen molar-refractivity contribution in [3.05, 3.63) is 35.9 Å². The van der Waals surface area contributed by atoms with E-state index in [0.29, 0.717) is 0 Å². The number of nitrogens with one attached hydrogen (secondary N) is 1. The van der Waals surface area contributed by atoms with Crippen molar-refractivity contribution < 1.29 is 0 Å². The summed E-state index contributed by atoms with van der Waals surface area (Å²) in [6.45, 7) is 1.27. The molecule has 3 rings (SSSR count). The van der Waals surface area contributed by atoms with Crippen molar-refractivity contribution >= 4 is 11.8 Å². The van der Waals surface area contributed by atoms with Gasteiger partial charge in [-0.3, -0.25) is 0 Å². The van der Waals surface area contributed by atoms with E-state index in [4.69, 9.17) is 0 Å². The van der Waals surface area contributed by atoms with E-state index < -0.39 is 0 Å². The van der Waals surface area contributed by atoms with E-state index in [-0.39, 0.29) is 0 Å². The SMILES string of the molecule is c1ccc(C2CCC(NCC3CCSCC3)CC2)cc1. The molecule has 1 nitrogen and oxygen atoms in total. The predicted molar refractivity (Wildman–Crippen MR) is 89.5 cm³/mol. The molecule has 20 heavy (non-hydrogen) atoms. The van der Waals surface area contributed by atoms with Crippen molar-refractivity contribution in [2.45, 2.75) is 50.5 Å². The lowest BCUT2D eigenvalue weighted by molar-refractivity contribution is 0.318. The number of hydrogen-bond acceptors (Lipinski definition) is 2. The second kappa shape index (κ2) is 7.51. The lowest BCUT2D eigenvalue weighted by atomic mass is 9.81. The van der Waals surface area contributed by atoms with Gasteiger partial charge in [0.25, 0.3) is 0 Å². The highest BCUT2D eigenvalue weighted by Gasteiger charge is 2.23. The monoisotopic (exact) mass is 289 g/mol. The van der Waals surface area contributed by atoms with Crippen LogP contribution in [0.5, 0.6) is 0 Å². The topological polar surface area (TPSA) is 12.0 Å². The Morgan fingerprint density at radius 1 is 0.900 bits per heavy atom. The van der Waals surface area contributed by atoms with E-state index in [2.05, 4.69) is 47.4 Å². The van der Waals surface area contributed by atoms with Gasteiger partial charge in [0.15, 0.2) is 0 Å². The van der Waals surface area contributed by atoms with E-state index >= 15 is 0 Å². The average molecular weight is 289 g/mol. The van der Waals surface area contributed by atoms with Gasteiger partial charge in [0.2, 0.25) is 0 Å². The minimum atomic E-state index is 0.782. The van der Waals surface area contributed by atoms with Crippen LogP contribution in [-0.2, 0) is 0 Å². The minimum Gasteiger partial charge on any atom is -0.314 e. The number of rotatable bonds is 4. The third kappa shape index (κ3) is 4.02. The summed E-state index contributed by atoms with van der Waals surface area (Å²) in [5, 5.41) is 3.85. The van der Waals surface area contributed by atoms with Gasteiger partial charge in [0.1, 0.15) is 0 Å². The zero-order valence-corrected chi connectivity index (χ0v) is 13.2. The average Bonchev–Trinajstić information content (AvgIpc) is 2.55. The maximum Gasteiger partial charge on any atom is 0.00676 e. The van der Waals surface area contributed by atoms with Gasteiger partial charge in [-0.2, -0.15) is 11.8 Å². The maximum atomic E-state index is 3.85. The van der Waals surface area contributed by atoms with Gasteiger partial charge in [-0.05, 0) is 74.0 Å². The molecule has 2 heteroatoms. The van der Waals surface area contributed by atoms with Crippen molar-refractivity contribution in [3.63, 3.8) is 0 Å². The molecule has 2 fully saturated rings. The molecule has 0 atom stereocenters. The summed E-state index contributed by atoms with van der Waals surface area (Å²) in [6.07, 6.45) is 8.31. The van der Waals surface area contributed by atoms with E-state index in [1.807, 2.05) is 0 Å². The lowest BCUT2D eigenvalue weighted by Crippen LogP contribution is -2.36. The molecule has 2 aliphatic rings. The van der Waals surface area contributed by atoms with E-state index in [1.54, 1.807) is 5.56 Å². The van der Waals surface area contributed by atoms with Crippen LogP contribution in [0.2, 0.25) is 0 Å². The van der Waals surface area contributed by atoms with Crippen LogP contribution in [0, 0.1) is 5.92 Å². The molecule has 0 spiro atoms. The predicted octanol–water partition coefficient (Wildman–Crippen LogP) is 4.45. The molecule has 1 aliphatic carbocycles. The highest BCUT2D eigenvalue weighted by molar-refractivity contribution is 7.99. The zero-order valence-electron chi connectivity index (χ0n) is 12.4. The summed E-state index contributed by atoms with van der Waals surface area (Å²) >= 11 is 2.13. The number of thioether (sulfide) groups is 1. The van der Waals surface area contributed by atoms with Gasteiger partial charge in [0.05, 0.1) is 0 Å². The summed E-state index contributed by atoms with van der Waals surface area (Å²) < 4.78 is 0. The van der Waals surface area contributed by atoms with Crippen molar-refractivity contribution in [1.29, 1.82) is 0 Å². The first kappa shape index (κ1) is 14.5. The second-order valence-electron chi connectivity index (χ2n) is 6.42. The molecule has 1 aromatic rings. The Balaban J connectivity index is 1.40. The van der Waals surface area contributed by atoms with E-state index in [0.717, 1.165) is 17.9 Å². The van der Waals surface area contributed by atoms with Crippen molar-refractivity contribution in [2.24, 2.45) is 5.92 Å². The fourth-order valence-corrected chi connectivity index (χ4v) is 4.84. The van der Waals surface area contributed by atoms with Crippen LogP contribution in [-0.4, -0.2) is 24.1 Å². The van der Waals surface area contributed by atoms with Crippen LogP contribution in [0.15, 0.2) is 30.3 Å². The van der Waals surface area contributed by atoms with Crippen LogP contribution in [0.4, 0.5) is 0 Å². The van der Waals surface area contributed by atoms with Crippen molar-refractivity contribution in [2.75, 3.05) is 18.1 Å². The highest BCUT2D eigenvalue weighted by atomic mass is 32.2. The molecule has 0 radical (unpaired) electrons. The first-order valence-electron chi connectivity index (χ1n) is 8.28. The quantitative estimate of drug-likeness (QED) is 0.879. The fourth-order valence-electron chi connectivity index (χ4n) is 3.64. The van der Waals surface area contributed by atoms with Gasteiger partial charge in [0, 0.05) is 6.04 Å². The molecule has 0 amide bonds. The molecule has 1 saturated carbocycles. The Kier molecular flexibility index (Phi) is 5.43. The third-order valence-corrected chi connectivity index (χ3v) is 6.08. The Hall–Kier alpha value is -0.470. The van der Waals surface area contributed by atoms with Crippen LogP contribution in [0.25, 0.3) is 0 Å². The summed E-state index contributed by atoms with van der Waals surface area (Å²) in [5.41, 5.74) is 1.55. The van der Waals surface area contributed by atoms with Crippen LogP contribution >= 0.6 is 11.8 Å². The standard InChI is InChI=1S/C18H27NS/c1-2-4-16(5-3-1)17-6-8-18(9-7-17)19-14-15-10-12-20-13-11-15/h1-5,15,17-19H,6-14H2. The molecule has 0 unspecified atom stereocenters. The van der Waals surface area contributed by atoms with Gasteiger partial charge in [-0.25, -0.2) is 0 Å². The Labute approximate surface area is 127 Å². The normalized spacial score (nSPS) is 28.4. The Morgan fingerprint density at radius 2 is 1.60 bits per heavy atom. The highest BCUT2D eigenvalue weighted by Crippen LogP contribution is 2.33. The molecule has 0 aromatic heterocycles. The zero-order chi connectivity index (χ0) is 13.6. The summed E-state index contributed by atoms with van der Waals surface area (Å²) in [6, 6.07) is 11.9. The summed E-state index contributed by atoms with van der Waals surface area (Å²) in [4.78, 5) is 0. The Bertz CT molecular complexity index is 378. The van der Waals surface area contributed by atoms with Gasteiger partial charge >= 0.3 is 0 Å². The first-order chi connectivity index (χ1) is 9.92. The molecule has 0 bridgehead atoms. The fraction of sp³-hybridized carbons (Fsp3) is 0.667. The van der Waals surface area contributed by atoms with Gasteiger partial charge in [-0.15, -0.1) is 0 Å². The van der Waals surface area contributed by atoms with Gasteiger partial charge in [-0.1, -0.05) is 30.3 Å². The molecule has 1 heterocycles. The van der Waals surface area contributed by atoms with Crippen LogP contribution in [0.1, 0.15) is 50.0 Å². The molecule has 1 aromatic carbocycles. The second-order valence-corrected chi connectivity index (χ2v) is 7.65. The first-order valence-corrected chi connectivity index (χ1v) is 9.43. The maximum absolute atomic E-state index is 3.85. The number of hydrogen-bond donors (Lipinski definition) is 1. The van der Waals surface area contributed by atoms with Crippen LogP contribution < -0.4 is 5.32 Å². The van der Waals surface area contributed by atoms with E-state index in [9.17, 15) is 0 Å². The van der Waals surface area contributed by atoms with Gasteiger partial charge < -0.3 is 5.32 Å². The smallest absolute Gasteiger partial charge is 0.00676 e. The molecule has 1 saturated heterocycles. The third-order valence-electron chi connectivity index (χ3n) is 5.03. The van der Waals surface area contributed by atoms with Crippen molar-refractivity contribution in [3.8, 4) is 0 Å². The van der Waals surface area contributed by atoms with Crippen LogP contribution in [0.3, 0.4) is 0 Å².